The number of ether oxygens (including phenoxy) is 1. The number of methoxy groups -OCH3 is 1. The number of rotatable bonds is 5. The molecular formula is C14H21FN2O. The van der Waals surface area contributed by atoms with Crippen molar-refractivity contribution in [2.45, 2.75) is 25.4 Å². The fourth-order valence-electron chi connectivity index (χ4n) is 2.41. The normalized spacial score (nSPS) is 20.3. The van der Waals surface area contributed by atoms with E-state index < -0.39 is 0 Å². The third-order valence-corrected chi connectivity index (χ3v) is 3.63. The van der Waals surface area contributed by atoms with E-state index in [1.165, 1.54) is 25.5 Å². The van der Waals surface area contributed by atoms with Gasteiger partial charge in [0.15, 0.2) is 0 Å². The topological polar surface area (TPSA) is 24.5 Å². The van der Waals surface area contributed by atoms with Crippen LogP contribution in [0.1, 0.15) is 18.4 Å². The van der Waals surface area contributed by atoms with Gasteiger partial charge in [-0.1, -0.05) is 6.07 Å². The third kappa shape index (κ3) is 3.21. The number of hydrogen-bond donors (Lipinski definition) is 1. The van der Waals surface area contributed by atoms with Crippen LogP contribution in [0.5, 0.6) is 5.75 Å². The molecule has 1 aliphatic heterocycles. The van der Waals surface area contributed by atoms with Gasteiger partial charge in [-0.3, -0.25) is 0 Å². The van der Waals surface area contributed by atoms with E-state index in [2.05, 4.69) is 17.3 Å². The molecule has 0 radical (unpaired) electrons. The average molecular weight is 252 g/mol. The van der Waals surface area contributed by atoms with Gasteiger partial charge in [-0.05, 0) is 32.5 Å². The van der Waals surface area contributed by atoms with Crippen molar-refractivity contribution in [2.24, 2.45) is 0 Å². The number of halogens is 1. The average Bonchev–Trinajstić information content (AvgIpc) is 2.77. The second-order valence-corrected chi connectivity index (χ2v) is 4.86. The van der Waals surface area contributed by atoms with Gasteiger partial charge in [0.05, 0.1) is 7.11 Å². The number of likely N-dealkylation sites (N-methyl/N-ethyl adjacent to an activating group) is 1. The van der Waals surface area contributed by atoms with Crippen molar-refractivity contribution in [1.29, 1.82) is 0 Å². The Balaban J connectivity index is 1.83. The van der Waals surface area contributed by atoms with E-state index >= 15 is 0 Å². The van der Waals surface area contributed by atoms with Crippen molar-refractivity contribution in [3.8, 4) is 5.75 Å². The minimum absolute atomic E-state index is 0.207. The summed E-state index contributed by atoms with van der Waals surface area (Å²) in [5.41, 5.74) is 0.691. The zero-order valence-corrected chi connectivity index (χ0v) is 11.1. The van der Waals surface area contributed by atoms with Crippen molar-refractivity contribution in [3.05, 3.63) is 29.6 Å². The molecule has 4 heteroatoms. The molecule has 100 valence electrons. The molecule has 0 saturated carbocycles. The van der Waals surface area contributed by atoms with Crippen LogP contribution in [0.2, 0.25) is 0 Å². The van der Waals surface area contributed by atoms with Gasteiger partial charge >= 0.3 is 0 Å². The van der Waals surface area contributed by atoms with Crippen molar-refractivity contribution < 1.29 is 9.13 Å². The third-order valence-electron chi connectivity index (χ3n) is 3.63. The number of nitrogens with zero attached hydrogens (tertiary/aromatic N) is 1. The molecule has 0 spiro atoms. The van der Waals surface area contributed by atoms with E-state index in [9.17, 15) is 4.39 Å². The lowest BCUT2D eigenvalue weighted by Gasteiger charge is -2.19. The molecule has 3 nitrogen and oxygen atoms in total. The first kappa shape index (κ1) is 13.3. The lowest BCUT2D eigenvalue weighted by atomic mass is 10.2. The SMILES string of the molecule is COc1ccc(CNCC2CCCN2C)c(F)c1. The Hall–Kier alpha value is -1.13. The smallest absolute Gasteiger partial charge is 0.131 e. The lowest BCUT2D eigenvalue weighted by molar-refractivity contribution is 0.300. The molecule has 1 aliphatic rings. The Morgan fingerprint density at radius 1 is 1.50 bits per heavy atom. The molecule has 1 heterocycles. The monoisotopic (exact) mass is 252 g/mol. The van der Waals surface area contributed by atoms with Crippen LogP contribution < -0.4 is 10.1 Å². The van der Waals surface area contributed by atoms with Gasteiger partial charge in [-0.25, -0.2) is 4.39 Å². The first-order valence-electron chi connectivity index (χ1n) is 6.44. The highest BCUT2D eigenvalue weighted by atomic mass is 19.1. The standard InChI is InChI=1S/C14H21FN2O/c1-17-7-3-4-12(17)10-16-9-11-5-6-13(18-2)8-14(11)15/h5-6,8,12,16H,3-4,7,9-10H2,1-2H3. The molecule has 2 rings (SSSR count). The molecule has 0 bridgehead atoms. The summed E-state index contributed by atoms with van der Waals surface area (Å²) in [6.45, 7) is 2.66. The van der Waals surface area contributed by atoms with E-state index in [0.29, 0.717) is 23.9 Å². The summed E-state index contributed by atoms with van der Waals surface area (Å²) in [5.74, 6) is 0.355. The van der Waals surface area contributed by atoms with Crippen LogP contribution in [0, 0.1) is 5.82 Å². The maximum Gasteiger partial charge on any atom is 0.131 e. The molecule has 18 heavy (non-hydrogen) atoms. The van der Waals surface area contributed by atoms with Gasteiger partial charge in [0.25, 0.3) is 0 Å². The van der Waals surface area contributed by atoms with Gasteiger partial charge in [-0.2, -0.15) is 0 Å². The minimum atomic E-state index is -0.207. The van der Waals surface area contributed by atoms with Gasteiger partial charge in [0, 0.05) is 30.8 Å². The Morgan fingerprint density at radius 2 is 2.33 bits per heavy atom. The lowest BCUT2D eigenvalue weighted by Crippen LogP contribution is -2.35. The summed E-state index contributed by atoms with van der Waals surface area (Å²) >= 11 is 0. The van der Waals surface area contributed by atoms with E-state index in [-0.39, 0.29) is 5.82 Å². The van der Waals surface area contributed by atoms with Crippen LogP contribution in [-0.4, -0.2) is 38.2 Å². The minimum Gasteiger partial charge on any atom is -0.497 e. The summed E-state index contributed by atoms with van der Waals surface area (Å²) in [6.07, 6.45) is 2.49. The Morgan fingerprint density at radius 3 is 2.94 bits per heavy atom. The van der Waals surface area contributed by atoms with Crippen LogP contribution in [-0.2, 0) is 6.54 Å². The summed E-state index contributed by atoms with van der Waals surface area (Å²) in [4.78, 5) is 2.36. The van der Waals surface area contributed by atoms with Crippen LogP contribution in [0.15, 0.2) is 18.2 Å². The second kappa shape index (κ2) is 6.16. The van der Waals surface area contributed by atoms with Crippen molar-refractivity contribution in [2.75, 3.05) is 27.2 Å². The summed E-state index contributed by atoms with van der Waals surface area (Å²) < 4.78 is 18.7. The zero-order valence-electron chi connectivity index (χ0n) is 11.1. The molecule has 1 fully saturated rings. The molecule has 1 atom stereocenters. The number of benzene rings is 1. The summed E-state index contributed by atoms with van der Waals surface area (Å²) in [6, 6.07) is 5.59. The molecule has 1 unspecified atom stereocenters. The molecule has 1 saturated heterocycles. The van der Waals surface area contributed by atoms with Crippen LogP contribution in [0.25, 0.3) is 0 Å². The van der Waals surface area contributed by atoms with E-state index in [1.54, 1.807) is 19.2 Å². The molecule has 0 aliphatic carbocycles. The molecule has 1 aromatic rings. The van der Waals surface area contributed by atoms with Gasteiger partial charge in [0.2, 0.25) is 0 Å². The first-order valence-corrected chi connectivity index (χ1v) is 6.44. The van der Waals surface area contributed by atoms with Crippen molar-refractivity contribution in [3.63, 3.8) is 0 Å². The fraction of sp³-hybridized carbons (Fsp3) is 0.571. The van der Waals surface area contributed by atoms with Gasteiger partial charge < -0.3 is 15.0 Å². The number of nitrogens with one attached hydrogen (secondary N) is 1. The maximum atomic E-state index is 13.7. The van der Waals surface area contributed by atoms with E-state index in [1.807, 2.05) is 0 Å². The second-order valence-electron chi connectivity index (χ2n) is 4.86. The van der Waals surface area contributed by atoms with Crippen molar-refractivity contribution >= 4 is 0 Å². The van der Waals surface area contributed by atoms with Crippen LogP contribution >= 0.6 is 0 Å². The first-order chi connectivity index (χ1) is 8.70. The Labute approximate surface area is 108 Å². The quantitative estimate of drug-likeness (QED) is 0.867. The zero-order chi connectivity index (χ0) is 13.0. The molecular weight excluding hydrogens is 231 g/mol. The molecule has 0 amide bonds. The predicted octanol–water partition coefficient (Wildman–Crippen LogP) is 2.02. The highest BCUT2D eigenvalue weighted by molar-refractivity contribution is 5.28. The van der Waals surface area contributed by atoms with Gasteiger partial charge in [-0.15, -0.1) is 0 Å². The number of hydrogen-bond acceptors (Lipinski definition) is 3. The highest BCUT2D eigenvalue weighted by Crippen LogP contribution is 2.17. The fourth-order valence-corrected chi connectivity index (χ4v) is 2.41. The predicted molar refractivity (Wildman–Crippen MR) is 70.3 cm³/mol. The Bertz CT molecular complexity index is 397. The molecule has 1 N–H and O–H groups in total. The summed E-state index contributed by atoms with van der Waals surface area (Å²) in [7, 11) is 3.69. The highest BCUT2D eigenvalue weighted by Gasteiger charge is 2.19. The van der Waals surface area contributed by atoms with E-state index in [4.69, 9.17) is 4.74 Å². The Kier molecular flexibility index (Phi) is 4.55. The molecule has 0 aromatic heterocycles. The number of likely N-dealkylation sites (tertiary alicyclic amines) is 1. The van der Waals surface area contributed by atoms with Crippen molar-refractivity contribution in [1.82, 2.24) is 10.2 Å². The van der Waals surface area contributed by atoms with Gasteiger partial charge in [0.1, 0.15) is 11.6 Å². The van der Waals surface area contributed by atoms with Crippen LogP contribution in [0.3, 0.4) is 0 Å². The van der Waals surface area contributed by atoms with Crippen LogP contribution in [0.4, 0.5) is 4.39 Å². The maximum absolute atomic E-state index is 13.7. The largest absolute Gasteiger partial charge is 0.497 e. The van der Waals surface area contributed by atoms with E-state index in [0.717, 1.165) is 6.54 Å². The summed E-state index contributed by atoms with van der Waals surface area (Å²) in [5, 5.41) is 3.33. The molecule has 1 aromatic carbocycles.